The molecule has 558 valence electrons. The van der Waals surface area contributed by atoms with Gasteiger partial charge in [0.2, 0.25) is 5.60 Å². The maximum Gasteiger partial charge on any atom is 0.355 e. The Morgan fingerprint density at radius 1 is 0.680 bits per heavy atom. The van der Waals surface area contributed by atoms with Crippen LogP contribution in [-0.2, 0) is 72.8 Å². The molecule has 6 aliphatic rings. The number of aromatic nitrogens is 2. The summed E-state index contributed by atoms with van der Waals surface area (Å²) in [5.41, 5.74) is 13.8. The Morgan fingerprint density at radius 3 is 1.79 bits per heavy atom. The largest absolute Gasteiger partial charge is 0.508 e. The van der Waals surface area contributed by atoms with Gasteiger partial charge in [-0.25, -0.2) is 34.1 Å². The van der Waals surface area contributed by atoms with Crippen molar-refractivity contribution in [2.24, 2.45) is 21.5 Å². The number of nitrogens with two attached hydrogens (primary N) is 2. The third-order valence-electron chi connectivity index (χ3n) is 19.4. The summed E-state index contributed by atoms with van der Waals surface area (Å²) in [4.78, 5) is 134. The van der Waals surface area contributed by atoms with Gasteiger partial charge in [-0.15, -0.1) is 0 Å². The Kier molecular flexibility index (Phi) is 28.2. The number of aromatic hydroxyl groups is 1. The number of guanidine groups is 2. The molecule has 6 aliphatic heterocycles. The standard InChI is InChI=1S/C73H98N12O16S2/c1-4-50-51-37-49(88)22-23-55(51)80-63-52(50)39-85-58(63)38-54-53(66(85)91)40-100-68(93)73(54,5-2)101-67(92)43(3)78-71(94)76-24-30-98-32-33-99-31-25-77-72(95)79-46-35-44(59(89)18-12-28-96-26-10-16-47(86)14-6-8-20-61-64-56(41-102-61)81-69(74)83-64)34-45(36-46)60(90)19-13-29-97-27-11-17-48(87)15-7-9-21-62-65-57(42-103-62)82-70(75)84-65/h22-23,34-38,43,56-57,61-62,64-65,88H,4-21,24-33,39-42H2,1-3H3,(H3,74,81,83)(H3,75,82,84)(H2,76,78,94)(H2,77,79,95)/t43-,56-,57-,61-,62-,64-,65-,73-/m0/s1. The number of anilines is 1. The van der Waals surface area contributed by atoms with Crippen LogP contribution in [0.25, 0.3) is 22.3 Å². The number of nitrogens with one attached hydrogen (secondary N) is 6. The number of hydrogen-bond acceptors (Lipinski definition) is 25. The number of unbranched alkanes of at least 4 members (excludes halogenated alkanes) is 2. The van der Waals surface area contributed by atoms with Gasteiger partial charge in [-0.05, 0) is 119 Å². The number of hydrogen-bond donors (Lipinski definition) is 9. The zero-order chi connectivity index (χ0) is 73.0. The number of aliphatic imine (C=N–C) groups is 2. The molecule has 2 aromatic heterocycles. The molecule has 30 heteroatoms. The van der Waals surface area contributed by atoms with E-state index in [0.717, 1.165) is 66.5 Å². The van der Waals surface area contributed by atoms with Crippen LogP contribution in [0.1, 0.15) is 173 Å². The number of benzene rings is 2. The van der Waals surface area contributed by atoms with Crippen molar-refractivity contribution in [3.8, 4) is 17.1 Å². The van der Waals surface area contributed by atoms with Crippen molar-refractivity contribution in [2.75, 3.05) is 82.8 Å². The van der Waals surface area contributed by atoms with Gasteiger partial charge in [-0.3, -0.25) is 24.0 Å². The lowest BCUT2D eigenvalue weighted by molar-refractivity contribution is -0.190. The zero-order valence-corrected chi connectivity index (χ0v) is 60.7. The minimum Gasteiger partial charge on any atom is -0.508 e. The zero-order valence-electron chi connectivity index (χ0n) is 59.0. The van der Waals surface area contributed by atoms with E-state index in [2.05, 4.69) is 41.9 Å². The third-order valence-corrected chi connectivity index (χ3v) is 22.4. The van der Waals surface area contributed by atoms with Crippen molar-refractivity contribution >= 4 is 99.2 Å². The van der Waals surface area contributed by atoms with Crippen LogP contribution in [-0.4, -0.2) is 192 Å². The summed E-state index contributed by atoms with van der Waals surface area (Å²) in [6.07, 6.45) is 10.3. The highest BCUT2D eigenvalue weighted by molar-refractivity contribution is 8.00. The number of thioether (sulfide) groups is 2. The monoisotopic (exact) mass is 1460 g/mol. The van der Waals surface area contributed by atoms with Gasteiger partial charge in [0.25, 0.3) is 5.56 Å². The second-order valence-electron chi connectivity index (χ2n) is 26.8. The summed E-state index contributed by atoms with van der Waals surface area (Å²) in [6.45, 7) is 6.91. The number of carbonyl (C=O) groups is 8. The van der Waals surface area contributed by atoms with Gasteiger partial charge in [-0.2, -0.15) is 23.5 Å². The van der Waals surface area contributed by atoms with Crippen LogP contribution in [0, 0.1) is 0 Å². The number of phenolic OH excluding ortho intramolecular Hbond substituents is 1. The number of rotatable bonds is 43. The van der Waals surface area contributed by atoms with Crippen LogP contribution in [0.5, 0.6) is 5.75 Å². The van der Waals surface area contributed by atoms with Crippen LogP contribution in [0.3, 0.4) is 0 Å². The number of pyridine rings is 2. The van der Waals surface area contributed by atoms with E-state index in [-0.39, 0.29) is 141 Å². The van der Waals surface area contributed by atoms with Gasteiger partial charge >= 0.3 is 24.0 Å². The summed E-state index contributed by atoms with van der Waals surface area (Å²) < 4.78 is 35.8. The first kappa shape index (κ1) is 77.5. The molecule has 11 N–H and O–H groups in total. The normalized spacial score (nSPS) is 20.6. The van der Waals surface area contributed by atoms with Crippen molar-refractivity contribution in [1.82, 2.24) is 36.1 Å². The molecule has 0 spiro atoms. The van der Waals surface area contributed by atoms with Crippen LogP contribution in [0.2, 0.25) is 0 Å². The van der Waals surface area contributed by atoms with E-state index < -0.39 is 41.2 Å². The van der Waals surface area contributed by atoms with Gasteiger partial charge in [0.1, 0.15) is 30.0 Å². The number of fused-ring (bicyclic) bond motifs is 7. The predicted octanol–water partition coefficient (Wildman–Crippen LogP) is 6.76. The summed E-state index contributed by atoms with van der Waals surface area (Å²) in [5, 5.41) is 28.9. The number of aryl methyl sites for hydroxylation is 1. The number of esters is 2. The molecule has 2 aromatic carbocycles. The Balaban J connectivity index is 0.610. The van der Waals surface area contributed by atoms with Gasteiger partial charge in [-0.1, -0.05) is 26.7 Å². The maximum atomic E-state index is 14.2. The molecular weight excluding hydrogens is 1370 g/mol. The van der Waals surface area contributed by atoms with E-state index >= 15 is 0 Å². The van der Waals surface area contributed by atoms with E-state index in [1.807, 2.05) is 30.4 Å². The number of phenols is 1. The molecule has 10 rings (SSSR count). The molecular formula is C73H98N12O16S2. The lowest BCUT2D eigenvalue weighted by Crippen LogP contribution is -2.51. The molecule has 8 atom stereocenters. The molecule has 0 radical (unpaired) electrons. The molecule has 4 amide bonds. The lowest BCUT2D eigenvalue weighted by Gasteiger charge is -2.36. The van der Waals surface area contributed by atoms with Crippen molar-refractivity contribution in [1.29, 1.82) is 0 Å². The number of ether oxygens (including phenoxy) is 6. The number of cyclic esters (lactones) is 1. The average Bonchev–Trinajstić information content (AvgIpc) is 1.63. The second kappa shape index (κ2) is 37.5. The van der Waals surface area contributed by atoms with E-state index in [0.29, 0.717) is 136 Å². The van der Waals surface area contributed by atoms with Crippen LogP contribution in [0.15, 0.2) is 57.2 Å². The van der Waals surface area contributed by atoms with Gasteiger partial charge in [0.15, 0.2) is 23.5 Å². The first-order valence-corrected chi connectivity index (χ1v) is 38.3. The molecule has 28 nitrogen and oxygen atoms in total. The Bertz CT molecular complexity index is 3770. The van der Waals surface area contributed by atoms with Crippen LogP contribution < -0.4 is 48.9 Å². The van der Waals surface area contributed by atoms with Crippen molar-refractivity contribution in [3.05, 3.63) is 86.2 Å². The molecule has 0 saturated carbocycles. The highest BCUT2D eigenvalue weighted by atomic mass is 32.2. The van der Waals surface area contributed by atoms with Crippen LogP contribution >= 0.6 is 23.5 Å². The molecule has 0 unspecified atom stereocenters. The quantitative estimate of drug-likeness (QED) is 0.0110. The maximum absolute atomic E-state index is 14.2. The minimum absolute atomic E-state index is 0.0510. The Hall–Kier alpha value is -8.16. The fraction of sp³-hybridized carbons (Fsp3) is 0.589. The summed E-state index contributed by atoms with van der Waals surface area (Å²) >= 11 is 3.84. The highest BCUT2D eigenvalue weighted by Crippen LogP contribution is 2.43. The predicted molar refractivity (Wildman–Crippen MR) is 392 cm³/mol. The van der Waals surface area contributed by atoms with Crippen molar-refractivity contribution < 1.29 is 71.9 Å². The SMILES string of the molecule is CCc1c2c(nc3ccc(O)cc13)-c1cc3c(c(=O)n1C2)COC(=O)[C@@]3(CC)OC(=O)[C@H](C)NC(=O)NCCOCCOCCNC(=O)Nc1cc(C(=O)CCCOCCCC(=O)CCCC[C@@H]2SC[C@@H]3NC(N)=N[C@@H]32)cc(C(=O)CCCOCCCC(=O)CCCC[C@@H]2SC[C@@H]3NC(N)=N[C@@H]32)c1. The lowest BCUT2D eigenvalue weighted by atomic mass is 9.85. The van der Waals surface area contributed by atoms with Gasteiger partial charge < -0.3 is 81.5 Å². The van der Waals surface area contributed by atoms with E-state index in [1.165, 1.54) is 31.2 Å². The fourth-order valence-electron chi connectivity index (χ4n) is 14.0. The smallest absolute Gasteiger partial charge is 0.355 e. The average molecular weight is 1460 g/mol. The molecule has 0 aliphatic carbocycles. The van der Waals surface area contributed by atoms with Gasteiger partial charge in [0.05, 0.1) is 79.6 Å². The second-order valence-corrected chi connectivity index (χ2v) is 29.3. The Labute approximate surface area is 607 Å². The molecule has 2 saturated heterocycles. The van der Waals surface area contributed by atoms with E-state index in [1.54, 1.807) is 29.7 Å². The molecule has 103 heavy (non-hydrogen) atoms. The third kappa shape index (κ3) is 20.4. The summed E-state index contributed by atoms with van der Waals surface area (Å²) in [5.74, 6) is 1.26. The number of Topliss-reactive ketones (excluding diaryl/α,β-unsaturated/α-hetero) is 4. The van der Waals surface area contributed by atoms with Crippen LogP contribution in [0.4, 0.5) is 15.3 Å². The topological polar surface area (TPSA) is 396 Å². The number of ketones is 4. The van der Waals surface area contributed by atoms with Crippen molar-refractivity contribution in [3.63, 3.8) is 0 Å². The number of amides is 4. The van der Waals surface area contributed by atoms with E-state index in [4.69, 9.17) is 44.9 Å². The minimum atomic E-state index is -2.00. The van der Waals surface area contributed by atoms with Crippen molar-refractivity contribution in [2.45, 2.75) is 196 Å². The number of urea groups is 2. The molecule has 4 aromatic rings. The molecule has 8 heterocycles. The number of nitrogens with zero attached hydrogens (tertiary/aromatic N) is 4. The fourth-order valence-corrected chi connectivity index (χ4v) is 17.0. The van der Waals surface area contributed by atoms with Gasteiger partial charge in [0, 0.05) is 133 Å². The summed E-state index contributed by atoms with van der Waals surface area (Å²) in [6, 6.07) is 9.66. The summed E-state index contributed by atoms with van der Waals surface area (Å²) in [7, 11) is 0. The first-order chi connectivity index (χ1) is 49.8. The first-order valence-electron chi connectivity index (χ1n) is 36.2. The van der Waals surface area contributed by atoms with E-state index in [9.17, 15) is 48.3 Å². The Morgan fingerprint density at radius 2 is 1.22 bits per heavy atom. The molecule has 2 fully saturated rings. The molecule has 0 bridgehead atoms. The highest BCUT2D eigenvalue weighted by Gasteiger charge is 2.51. The number of carbonyl (C=O) groups excluding carboxylic acids is 8.